The van der Waals surface area contributed by atoms with Crippen molar-refractivity contribution in [2.75, 3.05) is 20.3 Å². The van der Waals surface area contributed by atoms with Crippen LogP contribution in [0.3, 0.4) is 0 Å². The standard InChI is InChI=1S/C15H21NO4S/c1-16-21(17,18)14-4-2-12(3-5-14)13-6-8-15(9-7-13)19-10-11-20-15/h2-5,13,16H,6-11H2,1H3. The summed E-state index contributed by atoms with van der Waals surface area (Å²) < 4.78 is 37.2. The van der Waals surface area contributed by atoms with Crippen molar-refractivity contribution in [3.8, 4) is 0 Å². The lowest BCUT2D eigenvalue weighted by molar-refractivity contribution is -0.178. The first-order valence-electron chi connectivity index (χ1n) is 7.36. The van der Waals surface area contributed by atoms with Gasteiger partial charge in [0.15, 0.2) is 5.79 Å². The van der Waals surface area contributed by atoms with Crippen LogP contribution in [0.5, 0.6) is 0 Å². The number of nitrogens with one attached hydrogen (secondary N) is 1. The lowest BCUT2D eigenvalue weighted by atomic mass is 9.81. The van der Waals surface area contributed by atoms with Gasteiger partial charge >= 0.3 is 0 Å². The molecule has 1 N–H and O–H groups in total. The first kappa shape index (κ1) is 15.0. The Balaban J connectivity index is 1.68. The minimum absolute atomic E-state index is 0.309. The van der Waals surface area contributed by atoms with Gasteiger partial charge in [-0.3, -0.25) is 0 Å². The molecule has 5 nitrogen and oxygen atoms in total. The van der Waals surface area contributed by atoms with Gasteiger partial charge in [-0.15, -0.1) is 0 Å². The van der Waals surface area contributed by atoms with Crippen LogP contribution in [0.1, 0.15) is 37.2 Å². The summed E-state index contributed by atoms with van der Waals surface area (Å²) in [6.45, 7) is 1.39. The van der Waals surface area contributed by atoms with Crippen molar-refractivity contribution in [3.05, 3.63) is 29.8 Å². The van der Waals surface area contributed by atoms with Crippen LogP contribution in [0.25, 0.3) is 0 Å². The van der Waals surface area contributed by atoms with Gasteiger partial charge in [0.05, 0.1) is 18.1 Å². The van der Waals surface area contributed by atoms with E-state index in [1.807, 2.05) is 12.1 Å². The number of hydrogen-bond donors (Lipinski definition) is 1. The maximum absolute atomic E-state index is 11.7. The van der Waals surface area contributed by atoms with E-state index in [4.69, 9.17) is 9.47 Å². The number of rotatable bonds is 3. The first-order valence-corrected chi connectivity index (χ1v) is 8.84. The Kier molecular flexibility index (Phi) is 4.05. The Morgan fingerprint density at radius 3 is 2.19 bits per heavy atom. The second-order valence-corrected chi connectivity index (χ2v) is 7.55. The van der Waals surface area contributed by atoms with Gasteiger partial charge in [0.25, 0.3) is 0 Å². The fourth-order valence-corrected chi connectivity index (χ4v) is 3.94. The van der Waals surface area contributed by atoms with Crippen molar-refractivity contribution in [1.82, 2.24) is 4.72 Å². The average Bonchev–Trinajstić information content (AvgIpc) is 2.96. The summed E-state index contributed by atoms with van der Waals surface area (Å²) in [6, 6.07) is 7.19. The van der Waals surface area contributed by atoms with Crippen LogP contribution in [0.4, 0.5) is 0 Å². The average molecular weight is 311 g/mol. The highest BCUT2D eigenvalue weighted by molar-refractivity contribution is 7.89. The third-order valence-electron chi connectivity index (χ3n) is 4.49. The van der Waals surface area contributed by atoms with E-state index in [-0.39, 0.29) is 5.79 Å². The quantitative estimate of drug-likeness (QED) is 0.927. The molecule has 1 saturated carbocycles. The van der Waals surface area contributed by atoms with Crippen LogP contribution in [0, 0.1) is 0 Å². The van der Waals surface area contributed by atoms with E-state index in [9.17, 15) is 8.42 Å². The summed E-state index contributed by atoms with van der Waals surface area (Å²) in [5, 5.41) is 0. The normalized spacial score (nSPS) is 22.7. The van der Waals surface area contributed by atoms with E-state index in [1.165, 1.54) is 12.6 Å². The summed E-state index contributed by atoms with van der Waals surface area (Å²) in [6.07, 6.45) is 3.85. The maximum Gasteiger partial charge on any atom is 0.240 e. The lowest BCUT2D eigenvalue weighted by Crippen LogP contribution is -2.34. The molecule has 6 heteroatoms. The molecule has 2 aliphatic rings. The van der Waals surface area contributed by atoms with Gasteiger partial charge in [-0.1, -0.05) is 12.1 Å². The molecule has 0 bridgehead atoms. The first-order chi connectivity index (χ1) is 10.0. The third kappa shape index (κ3) is 2.99. The molecule has 1 aliphatic heterocycles. The zero-order valence-electron chi connectivity index (χ0n) is 12.2. The minimum Gasteiger partial charge on any atom is -0.348 e. The molecule has 1 aromatic carbocycles. The van der Waals surface area contributed by atoms with Crippen LogP contribution >= 0.6 is 0 Å². The summed E-state index contributed by atoms with van der Waals surface area (Å²) in [5.41, 5.74) is 1.19. The highest BCUT2D eigenvalue weighted by Crippen LogP contribution is 2.42. The molecule has 0 radical (unpaired) electrons. The van der Waals surface area contributed by atoms with E-state index in [1.54, 1.807) is 12.1 Å². The Hall–Kier alpha value is -0.950. The second kappa shape index (κ2) is 5.68. The predicted octanol–water partition coefficient (Wildman–Crippen LogP) is 2.00. The van der Waals surface area contributed by atoms with Gasteiger partial charge in [-0.05, 0) is 43.5 Å². The smallest absolute Gasteiger partial charge is 0.240 e. The highest BCUT2D eigenvalue weighted by atomic mass is 32.2. The molecule has 1 aliphatic carbocycles. The van der Waals surface area contributed by atoms with Crippen molar-refractivity contribution < 1.29 is 17.9 Å². The monoisotopic (exact) mass is 311 g/mol. The number of hydrogen-bond acceptors (Lipinski definition) is 4. The molecule has 0 unspecified atom stereocenters. The molecule has 116 valence electrons. The minimum atomic E-state index is -3.35. The Morgan fingerprint density at radius 1 is 1.10 bits per heavy atom. The fraction of sp³-hybridized carbons (Fsp3) is 0.600. The van der Waals surface area contributed by atoms with E-state index in [0.717, 1.165) is 25.7 Å². The summed E-state index contributed by atoms with van der Waals surface area (Å²) >= 11 is 0. The molecule has 1 heterocycles. The third-order valence-corrected chi connectivity index (χ3v) is 5.92. The molecule has 2 fully saturated rings. The summed E-state index contributed by atoms with van der Waals surface area (Å²) in [5.74, 6) is 0.112. The van der Waals surface area contributed by atoms with E-state index >= 15 is 0 Å². The Labute approximate surface area is 125 Å². The lowest BCUT2D eigenvalue weighted by Gasteiger charge is -2.35. The summed E-state index contributed by atoms with van der Waals surface area (Å²) in [7, 11) is -1.93. The van der Waals surface area contributed by atoms with Crippen LogP contribution in [0.2, 0.25) is 0 Å². The van der Waals surface area contributed by atoms with Gasteiger partial charge in [0.1, 0.15) is 0 Å². The van der Waals surface area contributed by atoms with Crippen LogP contribution in [-0.4, -0.2) is 34.5 Å². The Bertz CT molecular complexity index is 581. The predicted molar refractivity (Wildman–Crippen MR) is 78.5 cm³/mol. The molecule has 0 amide bonds. The van der Waals surface area contributed by atoms with E-state index < -0.39 is 10.0 Å². The van der Waals surface area contributed by atoms with Gasteiger partial charge in [0.2, 0.25) is 10.0 Å². The molecule has 21 heavy (non-hydrogen) atoms. The van der Waals surface area contributed by atoms with Crippen molar-refractivity contribution >= 4 is 10.0 Å². The fourth-order valence-electron chi connectivity index (χ4n) is 3.21. The van der Waals surface area contributed by atoms with Crippen LogP contribution in [-0.2, 0) is 19.5 Å². The zero-order chi connectivity index (χ0) is 14.9. The molecule has 0 aromatic heterocycles. The van der Waals surface area contributed by atoms with Crippen molar-refractivity contribution in [1.29, 1.82) is 0 Å². The van der Waals surface area contributed by atoms with Crippen LogP contribution in [0.15, 0.2) is 29.2 Å². The largest absolute Gasteiger partial charge is 0.348 e. The van der Waals surface area contributed by atoms with E-state index in [0.29, 0.717) is 24.0 Å². The Morgan fingerprint density at radius 2 is 1.67 bits per heavy atom. The second-order valence-electron chi connectivity index (χ2n) is 5.66. The van der Waals surface area contributed by atoms with Gasteiger partial charge in [-0.2, -0.15) is 0 Å². The summed E-state index contributed by atoms with van der Waals surface area (Å²) in [4.78, 5) is 0.309. The topological polar surface area (TPSA) is 64.6 Å². The molecule has 1 saturated heterocycles. The van der Waals surface area contributed by atoms with Gasteiger partial charge < -0.3 is 9.47 Å². The van der Waals surface area contributed by atoms with Gasteiger partial charge in [0, 0.05) is 12.8 Å². The van der Waals surface area contributed by atoms with Crippen molar-refractivity contribution in [2.45, 2.75) is 42.3 Å². The zero-order valence-corrected chi connectivity index (χ0v) is 13.0. The molecular weight excluding hydrogens is 290 g/mol. The molecular formula is C15H21NO4S. The van der Waals surface area contributed by atoms with Crippen molar-refractivity contribution in [2.24, 2.45) is 0 Å². The molecule has 1 aromatic rings. The number of benzene rings is 1. The maximum atomic E-state index is 11.7. The molecule has 1 spiro atoms. The molecule has 3 rings (SSSR count). The molecule has 0 atom stereocenters. The number of sulfonamides is 1. The SMILES string of the molecule is CNS(=O)(=O)c1ccc(C2CCC3(CC2)OCCO3)cc1. The van der Waals surface area contributed by atoms with Gasteiger partial charge in [-0.25, -0.2) is 13.1 Å². The highest BCUT2D eigenvalue weighted by Gasteiger charge is 2.40. The number of ether oxygens (including phenoxy) is 2. The van der Waals surface area contributed by atoms with Crippen molar-refractivity contribution in [3.63, 3.8) is 0 Å². The van der Waals surface area contributed by atoms with Crippen LogP contribution < -0.4 is 4.72 Å². The van der Waals surface area contributed by atoms with E-state index in [2.05, 4.69) is 4.72 Å².